The maximum absolute atomic E-state index is 12.4. The molecule has 3 nitrogen and oxygen atoms in total. The molecule has 1 N–H and O–H groups in total. The van der Waals surface area contributed by atoms with E-state index in [1.165, 1.54) is 13.2 Å². The van der Waals surface area contributed by atoms with E-state index in [1.54, 1.807) is 12.1 Å². The molecule has 0 aliphatic carbocycles. The van der Waals surface area contributed by atoms with Gasteiger partial charge >= 0.3 is 6.61 Å². The fourth-order valence-electron chi connectivity index (χ4n) is 1.69. The molecule has 0 heterocycles. The van der Waals surface area contributed by atoms with Crippen LogP contribution >= 0.6 is 0 Å². The minimum absolute atomic E-state index is 0.131. The monoisotopic (exact) mass is 273 g/mol. The predicted octanol–water partition coefficient (Wildman–Crippen LogP) is 4.14. The molecule has 1 rings (SSSR count). The average molecular weight is 273 g/mol. The van der Waals surface area contributed by atoms with Crippen molar-refractivity contribution < 1.29 is 18.3 Å². The highest BCUT2D eigenvalue weighted by atomic mass is 19.3. The summed E-state index contributed by atoms with van der Waals surface area (Å²) in [7, 11) is 1.53. The van der Waals surface area contributed by atoms with Crippen LogP contribution in [0.3, 0.4) is 0 Å². The molecule has 0 amide bonds. The number of nitrogens with one attached hydrogen (secondary N) is 1. The summed E-state index contributed by atoms with van der Waals surface area (Å²) in [6.07, 6.45) is 1.00. The third-order valence-corrected chi connectivity index (χ3v) is 3.28. The Morgan fingerprint density at radius 3 is 2.47 bits per heavy atom. The minimum atomic E-state index is -2.84. The van der Waals surface area contributed by atoms with Crippen LogP contribution in [0.4, 0.5) is 14.5 Å². The Morgan fingerprint density at radius 2 is 1.95 bits per heavy atom. The summed E-state index contributed by atoms with van der Waals surface area (Å²) in [6.45, 7) is 3.36. The van der Waals surface area contributed by atoms with Gasteiger partial charge in [-0.3, -0.25) is 0 Å². The molecule has 5 heteroatoms. The van der Waals surface area contributed by atoms with E-state index in [9.17, 15) is 8.78 Å². The van der Waals surface area contributed by atoms with Crippen LogP contribution in [0.1, 0.15) is 27.2 Å². The first-order valence-corrected chi connectivity index (χ1v) is 6.37. The van der Waals surface area contributed by atoms with Crippen molar-refractivity contribution in [3.05, 3.63) is 18.2 Å². The van der Waals surface area contributed by atoms with Crippen LogP contribution in [0.5, 0.6) is 11.5 Å². The van der Waals surface area contributed by atoms with Crippen LogP contribution < -0.4 is 14.8 Å². The number of hydrogen-bond donors (Lipinski definition) is 1. The third-order valence-electron chi connectivity index (χ3n) is 3.28. The number of benzene rings is 1. The summed E-state index contributed by atoms with van der Waals surface area (Å²) < 4.78 is 34.3. The van der Waals surface area contributed by atoms with Crippen molar-refractivity contribution in [3.63, 3.8) is 0 Å². The molecular formula is C14H21F2NO2. The van der Waals surface area contributed by atoms with Crippen LogP contribution in [-0.4, -0.2) is 19.8 Å². The second kappa shape index (κ2) is 7.16. The van der Waals surface area contributed by atoms with Crippen molar-refractivity contribution in [2.24, 2.45) is 5.92 Å². The lowest BCUT2D eigenvalue weighted by Gasteiger charge is -2.23. The fourth-order valence-corrected chi connectivity index (χ4v) is 1.69. The van der Waals surface area contributed by atoms with E-state index in [-0.39, 0.29) is 11.8 Å². The zero-order valence-electron chi connectivity index (χ0n) is 11.7. The van der Waals surface area contributed by atoms with Crippen LogP contribution in [0, 0.1) is 5.92 Å². The van der Waals surface area contributed by atoms with Gasteiger partial charge in [-0.2, -0.15) is 8.78 Å². The van der Waals surface area contributed by atoms with Gasteiger partial charge in [0, 0.05) is 12.1 Å². The fraction of sp³-hybridized carbons (Fsp3) is 0.571. The first kappa shape index (κ1) is 15.5. The van der Waals surface area contributed by atoms with Crippen molar-refractivity contribution in [1.82, 2.24) is 0 Å². The van der Waals surface area contributed by atoms with Crippen LogP contribution in [0.15, 0.2) is 18.2 Å². The summed E-state index contributed by atoms with van der Waals surface area (Å²) in [5.41, 5.74) is 0.521. The standard InChI is InChI=1S/C14H21F2NO2/c1-5-9(2)10(3)17-12-8-11(18-4)6-7-13(12)19-14(15)16/h6-10,14,17H,5H2,1-4H3. The number of rotatable bonds is 7. The molecule has 1 aromatic rings. The second-order valence-electron chi connectivity index (χ2n) is 4.56. The van der Waals surface area contributed by atoms with Crippen LogP contribution in [0.25, 0.3) is 0 Å². The number of anilines is 1. The van der Waals surface area contributed by atoms with E-state index in [0.29, 0.717) is 17.4 Å². The zero-order chi connectivity index (χ0) is 14.4. The summed E-state index contributed by atoms with van der Waals surface area (Å²) in [5.74, 6) is 1.15. The molecule has 0 aliphatic heterocycles. The largest absolute Gasteiger partial charge is 0.497 e. The van der Waals surface area contributed by atoms with Crippen molar-refractivity contribution in [2.45, 2.75) is 39.8 Å². The molecule has 0 saturated carbocycles. The number of ether oxygens (including phenoxy) is 2. The van der Waals surface area contributed by atoms with Gasteiger partial charge in [0.05, 0.1) is 12.8 Å². The lowest BCUT2D eigenvalue weighted by molar-refractivity contribution is -0.0494. The van der Waals surface area contributed by atoms with E-state index < -0.39 is 6.61 Å². The molecule has 19 heavy (non-hydrogen) atoms. The normalized spacial score (nSPS) is 14.1. The van der Waals surface area contributed by atoms with Gasteiger partial charge in [-0.15, -0.1) is 0 Å². The Bertz CT molecular complexity index is 399. The molecule has 2 unspecified atom stereocenters. The molecule has 2 atom stereocenters. The van der Waals surface area contributed by atoms with Gasteiger partial charge in [0.2, 0.25) is 0 Å². The highest BCUT2D eigenvalue weighted by Crippen LogP contribution is 2.31. The van der Waals surface area contributed by atoms with E-state index in [1.807, 2.05) is 6.92 Å². The molecule has 0 fully saturated rings. The molecule has 0 radical (unpaired) electrons. The second-order valence-corrected chi connectivity index (χ2v) is 4.56. The summed E-state index contributed by atoms with van der Waals surface area (Å²) in [5, 5.41) is 3.20. The highest BCUT2D eigenvalue weighted by molar-refractivity contribution is 5.60. The van der Waals surface area contributed by atoms with Gasteiger partial charge in [0.25, 0.3) is 0 Å². The molecular weight excluding hydrogens is 252 g/mol. The number of methoxy groups -OCH3 is 1. The number of halogens is 2. The van der Waals surface area contributed by atoms with Gasteiger partial charge in [-0.1, -0.05) is 20.3 Å². The molecule has 0 aromatic heterocycles. The highest BCUT2D eigenvalue weighted by Gasteiger charge is 2.15. The van der Waals surface area contributed by atoms with Crippen molar-refractivity contribution in [2.75, 3.05) is 12.4 Å². The zero-order valence-corrected chi connectivity index (χ0v) is 11.7. The van der Waals surface area contributed by atoms with Gasteiger partial charge in [-0.05, 0) is 25.0 Å². The average Bonchev–Trinajstić information content (AvgIpc) is 2.39. The summed E-state index contributed by atoms with van der Waals surface area (Å²) >= 11 is 0. The Morgan fingerprint density at radius 1 is 1.26 bits per heavy atom. The van der Waals surface area contributed by atoms with Crippen LogP contribution in [0.2, 0.25) is 0 Å². The SMILES string of the molecule is CCC(C)C(C)Nc1cc(OC)ccc1OC(F)F. The van der Waals surface area contributed by atoms with Crippen molar-refractivity contribution >= 4 is 5.69 Å². The first-order valence-electron chi connectivity index (χ1n) is 6.37. The van der Waals surface area contributed by atoms with Gasteiger partial charge in [0.1, 0.15) is 11.5 Å². The molecule has 0 saturated heterocycles. The Kier molecular flexibility index (Phi) is 5.86. The number of hydrogen-bond acceptors (Lipinski definition) is 3. The topological polar surface area (TPSA) is 30.5 Å². The predicted molar refractivity (Wildman–Crippen MR) is 72.2 cm³/mol. The van der Waals surface area contributed by atoms with E-state index in [2.05, 4.69) is 23.9 Å². The van der Waals surface area contributed by atoms with E-state index in [4.69, 9.17) is 4.74 Å². The van der Waals surface area contributed by atoms with Crippen LogP contribution in [-0.2, 0) is 0 Å². The lowest BCUT2D eigenvalue weighted by Crippen LogP contribution is -2.23. The maximum Gasteiger partial charge on any atom is 0.387 e. The van der Waals surface area contributed by atoms with Crippen molar-refractivity contribution in [1.29, 1.82) is 0 Å². The quantitative estimate of drug-likeness (QED) is 0.809. The number of alkyl halides is 2. The molecule has 108 valence electrons. The minimum Gasteiger partial charge on any atom is -0.497 e. The smallest absolute Gasteiger partial charge is 0.387 e. The Labute approximate surface area is 112 Å². The Balaban J connectivity index is 2.93. The first-order chi connectivity index (χ1) is 8.97. The molecule has 1 aromatic carbocycles. The van der Waals surface area contributed by atoms with Gasteiger partial charge < -0.3 is 14.8 Å². The molecule has 0 bridgehead atoms. The van der Waals surface area contributed by atoms with E-state index >= 15 is 0 Å². The summed E-state index contributed by atoms with van der Waals surface area (Å²) in [6, 6.07) is 4.89. The van der Waals surface area contributed by atoms with Crippen molar-refractivity contribution in [3.8, 4) is 11.5 Å². The van der Waals surface area contributed by atoms with Gasteiger partial charge in [0.15, 0.2) is 0 Å². The van der Waals surface area contributed by atoms with Gasteiger partial charge in [-0.25, -0.2) is 0 Å². The third kappa shape index (κ3) is 4.58. The summed E-state index contributed by atoms with van der Waals surface area (Å²) in [4.78, 5) is 0. The lowest BCUT2D eigenvalue weighted by atomic mass is 10.0. The molecule has 0 spiro atoms. The molecule has 0 aliphatic rings. The Hall–Kier alpha value is -1.52. The maximum atomic E-state index is 12.4. The van der Waals surface area contributed by atoms with E-state index in [0.717, 1.165) is 6.42 Å².